The number of carbonyl (C=O) groups is 2. The van der Waals surface area contributed by atoms with E-state index >= 15 is 0 Å². The third kappa shape index (κ3) is 8.33. The summed E-state index contributed by atoms with van der Waals surface area (Å²) in [5, 5.41) is 3.44. The number of nitrogens with zero attached hydrogens (tertiary/aromatic N) is 2. The highest BCUT2D eigenvalue weighted by atomic mass is 35.5. The molecule has 0 saturated heterocycles. The molecule has 0 radical (unpaired) electrons. The van der Waals surface area contributed by atoms with Gasteiger partial charge in [-0.3, -0.25) is 13.9 Å². The van der Waals surface area contributed by atoms with Crippen molar-refractivity contribution in [2.45, 2.75) is 59.2 Å². The van der Waals surface area contributed by atoms with Gasteiger partial charge in [0, 0.05) is 30.6 Å². The topological polar surface area (TPSA) is 86.8 Å². The average Bonchev–Trinajstić information content (AvgIpc) is 2.75. The SMILES string of the molecule is Cc1ccc(N(CCCC(=O)N(Cc2ccc(Cl)cc2)[C@@H](C)C(=O)NC(C)C)S(C)(=O)=O)cc1. The summed E-state index contributed by atoms with van der Waals surface area (Å²) >= 11 is 5.98. The molecular weight excluding hydrogens is 474 g/mol. The van der Waals surface area contributed by atoms with Gasteiger partial charge in [0.1, 0.15) is 6.04 Å². The number of aryl methyl sites for hydroxylation is 1. The van der Waals surface area contributed by atoms with Crippen LogP contribution >= 0.6 is 11.6 Å². The van der Waals surface area contributed by atoms with Gasteiger partial charge in [-0.15, -0.1) is 0 Å². The Morgan fingerprint density at radius 2 is 1.59 bits per heavy atom. The van der Waals surface area contributed by atoms with Crippen LogP contribution in [0, 0.1) is 6.92 Å². The second-order valence-corrected chi connectivity index (χ2v) is 11.1. The maximum atomic E-state index is 13.2. The number of halogens is 1. The molecule has 34 heavy (non-hydrogen) atoms. The van der Waals surface area contributed by atoms with E-state index in [1.54, 1.807) is 31.2 Å². The van der Waals surface area contributed by atoms with E-state index in [-0.39, 0.29) is 37.4 Å². The minimum Gasteiger partial charge on any atom is -0.352 e. The summed E-state index contributed by atoms with van der Waals surface area (Å²) < 4.78 is 26.0. The van der Waals surface area contributed by atoms with E-state index < -0.39 is 16.1 Å². The molecule has 0 aliphatic carbocycles. The molecule has 7 nitrogen and oxygen atoms in total. The fraction of sp³-hybridized carbons (Fsp3) is 0.440. The Morgan fingerprint density at radius 3 is 2.12 bits per heavy atom. The van der Waals surface area contributed by atoms with Gasteiger partial charge >= 0.3 is 0 Å². The van der Waals surface area contributed by atoms with Crippen LogP contribution in [-0.4, -0.2) is 50.0 Å². The van der Waals surface area contributed by atoms with Crippen molar-refractivity contribution >= 4 is 39.1 Å². The van der Waals surface area contributed by atoms with Gasteiger partial charge < -0.3 is 10.2 Å². The summed E-state index contributed by atoms with van der Waals surface area (Å²) in [5.41, 5.74) is 2.43. The van der Waals surface area contributed by atoms with Crippen LogP contribution in [0.1, 0.15) is 44.7 Å². The minimum atomic E-state index is -3.51. The van der Waals surface area contributed by atoms with Crippen LogP contribution in [0.15, 0.2) is 48.5 Å². The van der Waals surface area contributed by atoms with Crippen LogP contribution in [0.25, 0.3) is 0 Å². The Morgan fingerprint density at radius 1 is 1.00 bits per heavy atom. The van der Waals surface area contributed by atoms with Crippen molar-refractivity contribution in [2.75, 3.05) is 17.1 Å². The van der Waals surface area contributed by atoms with Gasteiger partial charge in [-0.25, -0.2) is 8.42 Å². The Labute approximate surface area is 208 Å². The van der Waals surface area contributed by atoms with Crippen molar-refractivity contribution in [3.63, 3.8) is 0 Å². The van der Waals surface area contributed by atoms with Gasteiger partial charge in [-0.2, -0.15) is 0 Å². The zero-order valence-electron chi connectivity index (χ0n) is 20.4. The Balaban J connectivity index is 2.15. The monoisotopic (exact) mass is 507 g/mol. The molecule has 9 heteroatoms. The van der Waals surface area contributed by atoms with Crippen LogP contribution in [-0.2, 0) is 26.2 Å². The van der Waals surface area contributed by atoms with Gasteiger partial charge in [0.05, 0.1) is 11.9 Å². The molecular formula is C25H34ClN3O4S. The van der Waals surface area contributed by atoms with Crippen molar-refractivity contribution in [3.05, 3.63) is 64.7 Å². The fourth-order valence-electron chi connectivity index (χ4n) is 3.49. The van der Waals surface area contributed by atoms with Gasteiger partial charge in [-0.1, -0.05) is 41.4 Å². The summed E-state index contributed by atoms with van der Waals surface area (Å²) in [5.74, 6) is -0.464. The number of rotatable bonds is 11. The van der Waals surface area contributed by atoms with Crippen molar-refractivity contribution in [1.82, 2.24) is 10.2 Å². The lowest BCUT2D eigenvalue weighted by Gasteiger charge is -2.30. The number of hydrogen-bond acceptors (Lipinski definition) is 4. The number of anilines is 1. The molecule has 0 aliphatic heterocycles. The summed E-state index contributed by atoms with van der Waals surface area (Å²) in [4.78, 5) is 27.4. The van der Waals surface area contributed by atoms with E-state index in [1.165, 1.54) is 9.21 Å². The van der Waals surface area contributed by atoms with E-state index in [9.17, 15) is 18.0 Å². The van der Waals surface area contributed by atoms with Crippen molar-refractivity contribution < 1.29 is 18.0 Å². The molecule has 186 valence electrons. The average molecular weight is 508 g/mol. The van der Waals surface area contributed by atoms with Crippen LogP contribution in [0.5, 0.6) is 0 Å². The quantitative estimate of drug-likeness (QED) is 0.495. The molecule has 0 bridgehead atoms. The van der Waals surface area contributed by atoms with E-state index in [4.69, 9.17) is 11.6 Å². The normalized spacial score (nSPS) is 12.3. The Bertz CT molecular complexity index is 1070. The Kier molecular flexibility index (Phi) is 9.94. The Hall–Kier alpha value is -2.58. The molecule has 0 heterocycles. The summed E-state index contributed by atoms with van der Waals surface area (Å²) in [6.07, 6.45) is 1.57. The van der Waals surface area contributed by atoms with Crippen molar-refractivity contribution in [2.24, 2.45) is 0 Å². The highest BCUT2D eigenvalue weighted by Crippen LogP contribution is 2.20. The maximum Gasteiger partial charge on any atom is 0.242 e. The molecule has 0 spiro atoms. The minimum absolute atomic E-state index is 0.0553. The largest absolute Gasteiger partial charge is 0.352 e. The number of hydrogen-bond donors (Lipinski definition) is 1. The molecule has 0 fully saturated rings. The van der Waals surface area contributed by atoms with Crippen LogP contribution in [0.4, 0.5) is 5.69 Å². The second-order valence-electron chi connectivity index (χ2n) is 8.76. The van der Waals surface area contributed by atoms with E-state index in [2.05, 4.69) is 5.32 Å². The number of sulfonamides is 1. The molecule has 0 aromatic heterocycles. The number of amides is 2. The van der Waals surface area contributed by atoms with Crippen molar-refractivity contribution in [3.8, 4) is 0 Å². The summed E-state index contributed by atoms with van der Waals surface area (Å²) in [7, 11) is -3.51. The lowest BCUT2D eigenvalue weighted by Crippen LogP contribution is -2.49. The smallest absolute Gasteiger partial charge is 0.242 e. The summed E-state index contributed by atoms with van der Waals surface area (Å²) in [6.45, 7) is 7.76. The molecule has 0 aliphatic rings. The molecule has 2 rings (SSSR count). The van der Waals surface area contributed by atoms with Gasteiger partial charge in [0.15, 0.2) is 0 Å². The van der Waals surface area contributed by atoms with E-state index in [0.717, 1.165) is 17.4 Å². The van der Waals surface area contributed by atoms with Gasteiger partial charge in [-0.05, 0) is 63.9 Å². The molecule has 2 aromatic carbocycles. The van der Waals surface area contributed by atoms with Crippen LogP contribution in [0.2, 0.25) is 5.02 Å². The third-order valence-electron chi connectivity index (χ3n) is 5.34. The van der Waals surface area contributed by atoms with Gasteiger partial charge in [0.2, 0.25) is 21.8 Å². The molecule has 1 atom stereocenters. The molecule has 1 N–H and O–H groups in total. The summed E-state index contributed by atoms with van der Waals surface area (Å²) in [6, 6.07) is 13.6. The highest BCUT2D eigenvalue weighted by Gasteiger charge is 2.27. The van der Waals surface area contributed by atoms with E-state index in [0.29, 0.717) is 17.1 Å². The van der Waals surface area contributed by atoms with Crippen molar-refractivity contribution in [1.29, 1.82) is 0 Å². The first kappa shape index (κ1) is 27.7. The predicted molar refractivity (Wildman–Crippen MR) is 137 cm³/mol. The lowest BCUT2D eigenvalue weighted by atomic mass is 10.1. The molecule has 2 aromatic rings. The molecule has 2 amide bonds. The zero-order chi connectivity index (χ0) is 25.5. The predicted octanol–water partition coefficient (Wildman–Crippen LogP) is 4.14. The first-order valence-electron chi connectivity index (χ1n) is 11.3. The zero-order valence-corrected chi connectivity index (χ0v) is 22.0. The first-order valence-corrected chi connectivity index (χ1v) is 13.5. The van der Waals surface area contributed by atoms with E-state index in [1.807, 2.05) is 45.0 Å². The molecule has 0 saturated carbocycles. The number of nitrogens with one attached hydrogen (secondary N) is 1. The molecule has 0 unspecified atom stereocenters. The third-order valence-corrected chi connectivity index (χ3v) is 6.78. The highest BCUT2D eigenvalue weighted by molar-refractivity contribution is 7.92. The standard InChI is InChI=1S/C25H34ClN3O4S/c1-18(2)27-25(31)20(4)28(17-21-10-12-22(26)13-11-21)24(30)7-6-16-29(34(5,32)33)23-14-8-19(3)9-15-23/h8-15,18,20H,6-7,16-17H2,1-5H3,(H,27,31)/t20-/m0/s1. The van der Waals surface area contributed by atoms with Crippen LogP contribution in [0.3, 0.4) is 0 Å². The first-order chi connectivity index (χ1) is 15.9. The van der Waals surface area contributed by atoms with Crippen LogP contribution < -0.4 is 9.62 Å². The number of benzene rings is 2. The van der Waals surface area contributed by atoms with Gasteiger partial charge in [0.25, 0.3) is 0 Å². The lowest BCUT2D eigenvalue weighted by molar-refractivity contribution is -0.140. The number of carbonyl (C=O) groups excluding carboxylic acids is 2. The second kappa shape index (κ2) is 12.2. The fourth-order valence-corrected chi connectivity index (χ4v) is 4.58. The maximum absolute atomic E-state index is 13.2.